The second kappa shape index (κ2) is 4.84. The van der Waals surface area contributed by atoms with Gasteiger partial charge in [0, 0.05) is 23.9 Å². The molecule has 1 aromatic rings. The van der Waals surface area contributed by atoms with Crippen LogP contribution in [0.3, 0.4) is 0 Å². The number of rotatable bonds is 2. The van der Waals surface area contributed by atoms with Gasteiger partial charge in [0.25, 0.3) is 0 Å². The highest BCUT2D eigenvalue weighted by atomic mass is 32.1. The Bertz CT molecular complexity index is 451. The predicted molar refractivity (Wildman–Crippen MR) is 72.9 cm³/mol. The number of piperidine rings is 1. The number of nitrogens with zero attached hydrogens (tertiary/aromatic N) is 2. The Kier molecular flexibility index (Phi) is 3.20. The zero-order valence-electron chi connectivity index (χ0n) is 10.5. The highest BCUT2D eigenvalue weighted by Crippen LogP contribution is 2.35. The van der Waals surface area contributed by atoms with Crippen molar-refractivity contribution in [2.45, 2.75) is 38.0 Å². The molecule has 1 aliphatic carbocycles. The van der Waals surface area contributed by atoms with Crippen molar-refractivity contribution in [1.82, 2.24) is 9.88 Å². The number of carbonyl (C=O) groups excluding carboxylic acids is 1. The number of fused-ring (bicyclic) bond motifs is 1. The van der Waals surface area contributed by atoms with E-state index >= 15 is 0 Å². The highest BCUT2D eigenvalue weighted by molar-refractivity contribution is 7.11. The smallest absolute Gasteiger partial charge is 0.245 e. The molecule has 0 bridgehead atoms. The molecule has 1 saturated heterocycles. The SMILES string of the molecule is C=CC(=O)N1CCC(c2nc3c(s2)CCC3)CC1. The van der Waals surface area contributed by atoms with Crippen LogP contribution in [0.1, 0.15) is 40.8 Å². The highest BCUT2D eigenvalue weighted by Gasteiger charge is 2.26. The molecule has 3 rings (SSSR count). The molecule has 1 aliphatic heterocycles. The van der Waals surface area contributed by atoms with E-state index in [-0.39, 0.29) is 5.91 Å². The largest absolute Gasteiger partial charge is 0.339 e. The summed E-state index contributed by atoms with van der Waals surface area (Å²) in [5.41, 5.74) is 1.35. The lowest BCUT2D eigenvalue weighted by Crippen LogP contribution is -2.36. The van der Waals surface area contributed by atoms with Crippen LogP contribution in [-0.4, -0.2) is 28.9 Å². The van der Waals surface area contributed by atoms with E-state index in [0.717, 1.165) is 25.9 Å². The number of hydrogen-bond acceptors (Lipinski definition) is 3. The lowest BCUT2D eigenvalue weighted by Gasteiger charge is -2.30. The third kappa shape index (κ3) is 2.09. The first kappa shape index (κ1) is 11.9. The van der Waals surface area contributed by atoms with Crippen molar-refractivity contribution in [3.05, 3.63) is 28.2 Å². The van der Waals surface area contributed by atoms with E-state index in [2.05, 4.69) is 6.58 Å². The van der Waals surface area contributed by atoms with Crippen molar-refractivity contribution in [3.8, 4) is 0 Å². The predicted octanol–water partition coefficient (Wildman–Crippen LogP) is 2.52. The molecule has 96 valence electrons. The molecular formula is C14H18N2OS. The maximum atomic E-state index is 11.5. The van der Waals surface area contributed by atoms with E-state index in [9.17, 15) is 4.79 Å². The Morgan fingerprint density at radius 3 is 2.83 bits per heavy atom. The van der Waals surface area contributed by atoms with E-state index in [4.69, 9.17) is 4.98 Å². The molecule has 0 aromatic carbocycles. The Balaban J connectivity index is 1.65. The molecule has 2 heterocycles. The van der Waals surface area contributed by atoms with E-state index in [1.165, 1.54) is 40.9 Å². The Labute approximate surface area is 112 Å². The average molecular weight is 262 g/mol. The van der Waals surface area contributed by atoms with E-state index in [0.29, 0.717) is 5.92 Å². The minimum atomic E-state index is 0.0649. The summed E-state index contributed by atoms with van der Waals surface area (Å²) in [7, 11) is 0. The van der Waals surface area contributed by atoms with Crippen LogP contribution < -0.4 is 0 Å². The first-order valence-corrected chi connectivity index (χ1v) is 7.49. The summed E-state index contributed by atoms with van der Waals surface area (Å²) in [4.78, 5) is 19.7. The number of likely N-dealkylation sites (tertiary alicyclic amines) is 1. The molecule has 0 atom stereocenters. The van der Waals surface area contributed by atoms with Crippen LogP contribution in [0.5, 0.6) is 0 Å². The minimum Gasteiger partial charge on any atom is -0.339 e. The molecular weight excluding hydrogens is 244 g/mol. The fourth-order valence-electron chi connectivity index (χ4n) is 2.86. The van der Waals surface area contributed by atoms with Crippen LogP contribution in [0.25, 0.3) is 0 Å². The summed E-state index contributed by atoms with van der Waals surface area (Å²) in [5.74, 6) is 0.629. The van der Waals surface area contributed by atoms with Crippen molar-refractivity contribution in [3.63, 3.8) is 0 Å². The van der Waals surface area contributed by atoms with E-state index in [1.54, 1.807) is 0 Å². The van der Waals surface area contributed by atoms with Gasteiger partial charge in [0.1, 0.15) is 0 Å². The molecule has 2 aliphatic rings. The topological polar surface area (TPSA) is 33.2 Å². The third-order valence-electron chi connectivity index (χ3n) is 3.94. The van der Waals surface area contributed by atoms with Crippen LogP contribution in [0, 0.1) is 0 Å². The number of aromatic nitrogens is 1. The van der Waals surface area contributed by atoms with Crippen LogP contribution >= 0.6 is 11.3 Å². The van der Waals surface area contributed by atoms with Gasteiger partial charge in [-0.05, 0) is 38.2 Å². The number of aryl methyl sites for hydroxylation is 2. The average Bonchev–Trinajstić information content (AvgIpc) is 2.99. The Hall–Kier alpha value is -1.16. The maximum absolute atomic E-state index is 11.5. The van der Waals surface area contributed by atoms with Gasteiger partial charge in [0.2, 0.25) is 5.91 Å². The summed E-state index contributed by atoms with van der Waals surface area (Å²) < 4.78 is 0. The fraction of sp³-hybridized carbons (Fsp3) is 0.571. The molecule has 0 unspecified atom stereocenters. The Morgan fingerprint density at radius 1 is 1.39 bits per heavy atom. The summed E-state index contributed by atoms with van der Waals surface area (Å²) >= 11 is 1.91. The maximum Gasteiger partial charge on any atom is 0.245 e. The first-order chi connectivity index (χ1) is 8.78. The quantitative estimate of drug-likeness (QED) is 0.767. The van der Waals surface area contributed by atoms with Crippen molar-refractivity contribution in [2.24, 2.45) is 0 Å². The molecule has 18 heavy (non-hydrogen) atoms. The summed E-state index contributed by atoms with van der Waals surface area (Å²) in [6.45, 7) is 5.24. The number of hydrogen-bond donors (Lipinski definition) is 0. The second-order valence-electron chi connectivity index (χ2n) is 5.08. The third-order valence-corrected chi connectivity index (χ3v) is 5.26. The van der Waals surface area contributed by atoms with Gasteiger partial charge < -0.3 is 4.90 Å². The Morgan fingerprint density at radius 2 is 2.17 bits per heavy atom. The minimum absolute atomic E-state index is 0.0649. The van der Waals surface area contributed by atoms with Gasteiger partial charge in [-0.3, -0.25) is 4.79 Å². The van der Waals surface area contributed by atoms with Gasteiger partial charge in [-0.1, -0.05) is 6.58 Å². The molecule has 0 spiro atoms. The monoisotopic (exact) mass is 262 g/mol. The molecule has 1 amide bonds. The molecule has 0 N–H and O–H groups in total. The molecule has 1 fully saturated rings. The van der Waals surface area contributed by atoms with Gasteiger partial charge >= 0.3 is 0 Å². The lowest BCUT2D eigenvalue weighted by molar-refractivity contribution is -0.127. The molecule has 4 heteroatoms. The molecule has 0 saturated carbocycles. The number of amides is 1. The van der Waals surface area contributed by atoms with Crippen LogP contribution in [-0.2, 0) is 17.6 Å². The fourth-order valence-corrected chi connectivity index (χ4v) is 4.18. The number of carbonyl (C=O) groups is 1. The summed E-state index contributed by atoms with van der Waals surface area (Å²) in [6, 6.07) is 0. The molecule has 1 aromatic heterocycles. The van der Waals surface area contributed by atoms with Crippen molar-refractivity contribution in [2.75, 3.05) is 13.1 Å². The van der Waals surface area contributed by atoms with Crippen LogP contribution in [0.4, 0.5) is 0 Å². The summed E-state index contributed by atoms with van der Waals surface area (Å²) in [6.07, 6.45) is 7.18. The molecule has 0 radical (unpaired) electrons. The van der Waals surface area contributed by atoms with Gasteiger partial charge in [-0.25, -0.2) is 4.98 Å². The zero-order chi connectivity index (χ0) is 12.5. The van der Waals surface area contributed by atoms with Crippen LogP contribution in [0.15, 0.2) is 12.7 Å². The van der Waals surface area contributed by atoms with Gasteiger partial charge in [0.15, 0.2) is 0 Å². The van der Waals surface area contributed by atoms with Gasteiger partial charge in [0.05, 0.1) is 10.7 Å². The van der Waals surface area contributed by atoms with Crippen molar-refractivity contribution in [1.29, 1.82) is 0 Å². The normalized spacial score (nSPS) is 19.9. The molecule has 3 nitrogen and oxygen atoms in total. The number of thiazole rings is 1. The zero-order valence-corrected chi connectivity index (χ0v) is 11.3. The van der Waals surface area contributed by atoms with Gasteiger partial charge in [-0.2, -0.15) is 0 Å². The van der Waals surface area contributed by atoms with E-state index < -0.39 is 0 Å². The van der Waals surface area contributed by atoms with E-state index in [1.807, 2.05) is 16.2 Å². The van der Waals surface area contributed by atoms with Crippen LogP contribution in [0.2, 0.25) is 0 Å². The standard InChI is InChI=1S/C14H18N2OS/c1-2-13(17)16-8-6-10(7-9-16)14-15-11-4-3-5-12(11)18-14/h2,10H,1,3-9H2. The van der Waals surface area contributed by atoms with Gasteiger partial charge in [-0.15, -0.1) is 11.3 Å². The van der Waals surface area contributed by atoms with Crippen molar-refractivity contribution < 1.29 is 4.79 Å². The second-order valence-corrected chi connectivity index (χ2v) is 6.19. The van der Waals surface area contributed by atoms with Crippen molar-refractivity contribution >= 4 is 17.2 Å². The lowest BCUT2D eigenvalue weighted by atomic mass is 9.97. The first-order valence-electron chi connectivity index (χ1n) is 6.67. The summed E-state index contributed by atoms with van der Waals surface area (Å²) in [5, 5.41) is 1.31.